The van der Waals surface area contributed by atoms with Crippen molar-refractivity contribution in [3.05, 3.63) is 41.0 Å². The van der Waals surface area contributed by atoms with Gasteiger partial charge in [0.05, 0.1) is 11.3 Å². The second kappa shape index (κ2) is 6.40. The third kappa shape index (κ3) is 3.16. The van der Waals surface area contributed by atoms with E-state index in [2.05, 4.69) is 36.3 Å². The summed E-state index contributed by atoms with van der Waals surface area (Å²) in [5.41, 5.74) is 0.887. The maximum atomic E-state index is 5.69. The summed E-state index contributed by atoms with van der Waals surface area (Å²) in [4.78, 5) is 0. The van der Waals surface area contributed by atoms with Gasteiger partial charge in [0.2, 0.25) is 11.8 Å². The molecule has 0 fully saturated rings. The molecule has 108 valence electrons. The molecule has 0 saturated heterocycles. The van der Waals surface area contributed by atoms with Crippen LogP contribution in [0.25, 0.3) is 11.5 Å². The zero-order valence-electron chi connectivity index (χ0n) is 11.2. The third-order valence-electron chi connectivity index (χ3n) is 2.82. The van der Waals surface area contributed by atoms with Crippen LogP contribution in [0.1, 0.15) is 12.8 Å². The molecule has 1 aromatic carbocycles. The van der Waals surface area contributed by atoms with Crippen molar-refractivity contribution in [3.63, 3.8) is 0 Å². The van der Waals surface area contributed by atoms with Crippen molar-refractivity contribution in [2.24, 2.45) is 0 Å². The molecule has 0 atom stereocenters. The number of halogens is 1. The lowest BCUT2D eigenvalue weighted by molar-refractivity contribution is 0.527. The predicted octanol–water partition coefficient (Wildman–Crippen LogP) is 3.40. The summed E-state index contributed by atoms with van der Waals surface area (Å²) in [5, 5.41) is 17.0. The lowest BCUT2D eigenvalue weighted by Crippen LogP contribution is -1.94. The first-order chi connectivity index (χ1) is 10.3. The number of thioether (sulfide) groups is 1. The van der Waals surface area contributed by atoms with E-state index in [1.807, 2.05) is 35.8 Å². The Morgan fingerprint density at radius 2 is 2.10 bits per heavy atom. The fraction of sp³-hybridized carbons (Fsp3) is 0.231. The summed E-state index contributed by atoms with van der Waals surface area (Å²) in [5.74, 6) is 1.64. The van der Waals surface area contributed by atoms with Crippen LogP contribution in [0, 0.1) is 0 Å². The Kier molecular flexibility index (Phi) is 4.35. The van der Waals surface area contributed by atoms with Gasteiger partial charge in [0.25, 0.3) is 0 Å². The molecule has 2 aromatic heterocycles. The van der Waals surface area contributed by atoms with E-state index in [0.717, 1.165) is 21.7 Å². The summed E-state index contributed by atoms with van der Waals surface area (Å²) in [6.07, 6.45) is 1.71. The third-order valence-corrected chi connectivity index (χ3v) is 4.47. The number of aromatic nitrogens is 5. The first-order valence-electron chi connectivity index (χ1n) is 6.36. The predicted molar refractivity (Wildman–Crippen MR) is 82.7 cm³/mol. The van der Waals surface area contributed by atoms with Gasteiger partial charge in [-0.1, -0.05) is 23.9 Å². The SMILES string of the molecule is CCn1cnnc1SCc1nnc(-c2ccccc2Br)o1. The van der Waals surface area contributed by atoms with E-state index in [1.54, 1.807) is 6.33 Å². The van der Waals surface area contributed by atoms with Gasteiger partial charge in [-0.3, -0.25) is 0 Å². The standard InChI is InChI=1S/C13H12BrN5OS/c1-2-19-8-15-18-13(19)21-7-11-16-17-12(20-11)9-5-3-4-6-10(9)14/h3-6,8H,2,7H2,1H3. The van der Waals surface area contributed by atoms with Crippen LogP contribution in [0.2, 0.25) is 0 Å². The normalized spacial score (nSPS) is 11.0. The highest BCUT2D eigenvalue weighted by Crippen LogP contribution is 2.28. The van der Waals surface area contributed by atoms with Crippen LogP contribution in [-0.4, -0.2) is 25.0 Å². The summed E-state index contributed by atoms with van der Waals surface area (Å²) in [6.45, 7) is 2.88. The van der Waals surface area contributed by atoms with E-state index < -0.39 is 0 Å². The van der Waals surface area contributed by atoms with Crippen LogP contribution < -0.4 is 0 Å². The summed E-state index contributed by atoms with van der Waals surface area (Å²) in [6, 6.07) is 7.75. The fourth-order valence-corrected chi connectivity index (χ4v) is 3.03. The molecule has 0 spiro atoms. The zero-order chi connectivity index (χ0) is 14.7. The molecular weight excluding hydrogens is 354 g/mol. The Morgan fingerprint density at radius 1 is 1.24 bits per heavy atom. The Hall–Kier alpha value is -1.67. The monoisotopic (exact) mass is 365 g/mol. The van der Waals surface area contributed by atoms with Gasteiger partial charge in [-0.15, -0.1) is 20.4 Å². The number of hydrogen-bond acceptors (Lipinski definition) is 6. The topological polar surface area (TPSA) is 69.6 Å². The molecule has 8 heteroatoms. The van der Waals surface area contributed by atoms with E-state index in [1.165, 1.54) is 11.8 Å². The Morgan fingerprint density at radius 3 is 2.90 bits per heavy atom. The second-order valence-electron chi connectivity index (χ2n) is 4.17. The largest absolute Gasteiger partial charge is 0.420 e. The van der Waals surface area contributed by atoms with Gasteiger partial charge in [0, 0.05) is 11.0 Å². The van der Waals surface area contributed by atoms with E-state index in [0.29, 0.717) is 17.5 Å². The molecule has 0 amide bonds. The molecule has 0 N–H and O–H groups in total. The molecule has 3 aromatic rings. The molecule has 0 bridgehead atoms. The quantitative estimate of drug-likeness (QED) is 0.645. The van der Waals surface area contributed by atoms with Gasteiger partial charge in [0.15, 0.2) is 5.16 Å². The molecule has 0 aliphatic rings. The van der Waals surface area contributed by atoms with E-state index in [9.17, 15) is 0 Å². The first-order valence-corrected chi connectivity index (χ1v) is 8.13. The highest BCUT2D eigenvalue weighted by atomic mass is 79.9. The zero-order valence-corrected chi connectivity index (χ0v) is 13.6. The van der Waals surface area contributed by atoms with Gasteiger partial charge in [0.1, 0.15) is 6.33 Å². The molecule has 0 unspecified atom stereocenters. The summed E-state index contributed by atoms with van der Waals surface area (Å²) < 4.78 is 8.59. The number of benzene rings is 1. The second-order valence-corrected chi connectivity index (χ2v) is 5.97. The highest BCUT2D eigenvalue weighted by molar-refractivity contribution is 9.10. The number of rotatable bonds is 5. The minimum absolute atomic E-state index is 0.509. The molecule has 2 heterocycles. The lowest BCUT2D eigenvalue weighted by atomic mass is 10.2. The van der Waals surface area contributed by atoms with Gasteiger partial charge in [-0.05, 0) is 35.0 Å². The lowest BCUT2D eigenvalue weighted by Gasteiger charge is -2.00. The van der Waals surface area contributed by atoms with Crippen molar-refractivity contribution in [3.8, 4) is 11.5 Å². The van der Waals surface area contributed by atoms with Gasteiger partial charge < -0.3 is 8.98 Å². The average Bonchev–Trinajstić information content (AvgIpc) is 3.14. The van der Waals surface area contributed by atoms with Crippen LogP contribution in [0.4, 0.5) is 0 Å². The Labute approximate surface area is 134 Å². The van der Waals surface area contributed by atoms with Crippen molar-refractivity contribution >= 4 is 27.7 Å². The minimum Gasteiger partial charge on any atom is -0.420 e. The maximum absolute atomic E-state index is 5.69. The van der Waals surface area contributed by atoms with Gasteiger partial charge >= 0.3 is 0 Å². The highest BCUT2D eigenvalue weighted by Gasteiger charge is 2.12. The summed E-state index contributed by atoms with van der Waals surface area (Å²) in [7, 11) is 0. The average molecular weight is 366 g/mol. The Balaban J connectivity index is 1.73. The number of nitrogens with zero attached hydrogens (tertiary/aromatic N) is 5. The molecule has 3 rings (SSSR count). The van der Waals surface area contributed by atoms with E-state index in [-0.39, 0.29) is 0 Å². The van der Waals surface area contributed by atoms with E-state index >= 15 is 0 Å². The smallest absolute Gasteiger partial charge is 0.248 e. The van der Waals surface area contributed by atoms with Crippen molar-refractivity contribution in [1.82, 2.24) is 25.0 Å². The van der Waals surface area contributed by atoms with Crippen LogP contribution in [-0.2, 0) is 12.3 Å². The van der Waals surface area contributed by atoms with Crippen molar-refractivity contribution in [2.75, 3.05) is 0 Å². The first kappa shape index (κ1) is 14.3. The van der Waals surface area contributed by atoms with Crippen molar-refractivity contribution < 1.29 is 4.42 Å². The molecule has 0 radical (unpaired) electrons. The van der Waals surface area contributed by atoms with E-state index in [4.69, 9.17) is 4.42 Å². The molecule has 0 saturated carbocycles. The van der Waals surface area contributed by atoms with Gasteiger partial charge in [-0.25, -0.2) is 0 Å². The van der Waals surface area contributed by atoms with Crippen LogP contribution in [0.5, 0.6) is 0 Å². The van der Waals surface area contributed by atoms with Crippen LogP contribution in [0.3, 0.4) is 0 Å². The molecule has 6 nitrogen and oxygen atoms in total. The fourth-order valence-electron chi connectivity index (χ4n) is 1.75. The number of hydrogen-bond donors (Lipinski definition) is 0. The molecule has 0 aliphatic carbocycles. The molecule has 21 heavy (non-hydrogen) atoms. The Bertz CT molecular complexity index is 742. The maximum Gasteiger partial charge on any atom is 0.248 e. The summed E-state index contributed by atoms with van der Waals surface area (Å²) >= 11 is 5.00. The van der Waals surface area contributed by atoms with Gasteiger partial charge in [-0.2, -0.15) is 0 Å². The number of aryl methyl sites for hydroxylation is 1. The van der Waals surface area contributed by atoms with Crippen molar-refractivity contribution in [2.45, 2.75) is 24.4 Å². The molecular formula is C13H12BrN5OS. The molecule has 0 aliphatic heterocycles. The van der Waals surface area contributed by atoms with Crippen LogP contribution in [0.15, 0.2) is 44.6 Å². The van der Waals surface area contributed by atoms with Crippen molar-refractivity contribution in [1.29, 1.82) is 0 Å². The van der Waals surface area contributed by atoms with Crippen LogP contribution >= 0.6 is 27.7 Å². The minimum atomic E-state index is 0.509.